The van der Waals surface area contributed by atoms with Crippen molar-refractivity contribution in [2.75, 3.05) is 0 Å². The number of rotatable bonds is 2. The number of carbonyl (C=O) groups is 1. The number of aromatic nitrogens is 1. The maximum absolute atomic E-state index is 13.4. The first-order valence-corrected chi connectivity index (χ1v) is 5.76. The molecule has 1 aromatic carbocycles. The molecular formula is C12H6F2INO. The highest BCUT2D eigenvalue weighted by molar-refractivity contribution is 14.1. The molecule has 0 bridgehead atoms. The third kappa shape index (κ3) is 2.49. The molecule has 5 heteroatoms. The van der Waals surface area contributed by atoms with E-state index in [0.29, 0.717) is 3.57 Å². The highest BCUT2D eigenvalue weighted by atomic mass is 127. The molecule has 0 fully saturated rings. The number of pyridine rings is 1. The molecule has 0 N–H and O–H groups in total. The lowest BCUT2D eigenvalue weighted by Crippen LogP contribution is -2.06. The Morgan fingerprint density at radius 1 is 1.18 bits per heavy atom. The van der Waals surface area contributed by atoms with E-state index in [9.17, 15) is 13.6 Å². The van der Waals surface area contributed by atoms with Gasteiger partial charge < -0.3 is 0 Å². The molecule has 0 aliphatic carbocycles. The van der Waals surface area contributed by atoms with Crippen LogP contribution in [-0.4, -0.2) is 10.8 Å². The van der Waals surface area contributed by atoms with Crippen molar-refractivity contribution in [2.24, 2.45) is 0 Å². The number of nitrogens with zero attached hydrogens (tertiary/aromatic N) is 1. The highest BCUT2D eigenvalue weighted by Crippen LogP contribution is 2.19. The predicted octanol–water partition coefficient (Wildman–Crippen LogP) is 3.20. The van der Waals surface area contributed by atoms with Gasteiger partial charge in [-0.25, -0.2) is 8.78 Å². The van der Waals surface area contributed by atoms with E-state index in [1.54, 1.807) is 0 Å². The van der Waals surface area contributed by atoms with Crippen molar-refractivity contribution in [3.63, 3.8) is 0 Å². The maximum atomic E-state index is 13.4. The van der Waals surface area contributed by atoms with Crippen molar-refractivity contribution in [3.05, 3.63) is 63.0 Å². The van der Waals surface area contributed by atoms with Gasteiger partial charge in [0.05, 0.1) is 11.8 Å². The van der Waals surface area contributed by atoms with E-state index in [2.05, 4.69) is 4.98 Å². The van der Waals surface area contributed by atoms with E-state index in [1.807, 2.05) is 22.6 Å². The van der Waals surface area contributed by atoms with Gasteiger partial charge in [-0.2, -0.15) is 0 Å². The zero-order valence-corrected chi connectivity index (χ0v) is 10.6. The summed E-state index contributed by atoms with van der Waals surface area (Å²) < 4.78 is 26.7. The molecule has 0 atom stereocenters. The molecule has 2 rings (SSSR count). The van der Waals surface area contributed by atoms with E-state index in [1.165, 1.54) is 30.5 Å². The monoisotopic (exact) mass is 345 g/mol. The lowest BCUT2D eigenvalue weighted by atomic mass is 10.0. The molecule has 2 nitrogen and oxygen atoms in total. The quantitative estimate of drug-likeness (QED) is 0.618. The second-order valence-corrected chi connectivity index (χ2v) is 4.47. The van der Waals surface area contributed by atoms with Crippen molar-refractivity contribution in [2.45, 2.75) is 0 Å². The molecule has 17 heavy (non-hydrogen) atoms. The second-order valence-electron chi connectivity index (χ2n) is 3.31. The molecule has 0 aliphatic heterocycles. The summed E-state index contributed by atoms with van der Waals surface area (Å²) in [7, 11) is 0. The first-order chi connectivity index (χ1) is 8.09. The van der Waals surface area contributed by atoms with Crippen molar-refractivity contribution in [1.29, 1.82) is 0 Å². The number of hydrogen-bond acceptors (Lipinski definition) is 2. The second kappa shape index (κ2) is 4.87. The first kappa shape index (κ1) is 12.1. The van der Waals surface area contributed by atoms with Gasteiger partial charge in [0.25, 0.3) is 0 Å². The minimum absolute atomic E-state index is 0.0653. The van der Waals surface area contributed by atoms with Gasteiger partial charge in [-0.3, -0.25) is 9.78 Å². The average Bonchev–Trinajstić information content (AvgIpc) is 2.29. The van der Waals surface area contributed by atoms with Crippen LogP contribution in [0.3, 0.4) is 0 Å². The summed E-state index contributed by atoms with van der Waals surface area (Å²) >= 11 is 1.84. The number of halogens is 3. The molecule has 86 valence electrons. The van der Waals surface area contributed by atoms with E-state index in [-0.39, 0.29) is 11.1 Å². The number of benzene rings is 1. The lowest BCUT2D eigenvalue weighted by molar-refractivity contribution is 0.103. The van der Waals surface area contributed by atoms with Gasteiger partial charge in [0.2, 0.25) is 0 Å². The van der Waals surface area contributed by atoms with Crippen molar-refractivity contribution in [1.82, 2.24) is 4.98 Å². The fourth-order valence-electron chi connectivity index (χ4n) is 1.38. The molecule has 0 unspecified atom stereocenters. The Morgan fingerprint density at radius 2 is 1.94 bits per heavy atom. The summed E-state index contributed by atoms with van der Waals surface area (Å²) in [5, 5.41) is 0. The van der Waals surface area contributed by atoms with Gasteiger partial charge in [-0.1, -0.05) is 0 Å². The van der Waals surface area contributed by atoms with Crippen LogP contribution in [0.2, 0.25) is 0 Å². The molecule has 0 saturated heterocycles. The Balaban J connectivity index is 2.48. The molecule has 0 aliphatic rings. The van der Waals surface area contributed by atoms with Crippen molar-refractivity contribution >= 4 is 28.4 Å². The Hall–Kier alpha value is -1.37. The van der Waals surface area contributed by atoms with Gasteiger partial charge in [0, 0.05) is 15.3 Å². The van der Waals surface area contributed by atoms with Crippen LogP contribution in [0.4, 0.5) is 8.78 Å². The fraction of sp³-hybridized carbons (Fsp3) is 0. The summed E-state index contributed by atoms with van der Waals surface area (Å²) in [5.41, 5.74) is 0.210. The smallest absolute Gasteiger partial charge is 0.197 e. The first-order valence-electron chi connectivity index (χ1n) is 4.69. The third-order valence-electron chi connectivity index (χ3n) is 2.19. The normalized spacial score (nSPS) is 10.3. The maximum Gasteiger partial charge on any atom is 0.197 e. The van der Waals surface area contributed by atoms with E-state index in [4.69, 9.17) is 0 Å². The molecule has 0 radical (unpaired) electrons. The Morgan fingerprint density at radius 3 is 2.59 bits per heavy atom. The van der Waals surface area contributed by atoms with Crippen molar-refractivity contribution in [3.8, 4) is 0 Å². The van der Waals surface area contributed by atoms with Crippen LogP contribution in [-0.2, 0) is 0 Å². The van der Waals surface area contributed by atoms with Crippen LogP contribution in [0.5, 0.6) is 0 Å². The summed E-state index contributed by atoms with van der Waals surface area (Å²) in [5.74, 6) is -1.59. The zero-order chi connectivity index (χ0) is 12.4. The van der Waals surface area contributed by atoms with Gasteiger partial charge in [0.1, 0.15) is 5.82 Å². The Labute approximate surface area is 110 Å². The molecule has 0 saturated carbocycles. The molecule has 1 heterocycles. The summed E-state index contributed by atoms with van der Waals surface area (Å²) in [6, 6.07) is 5.05. The SMILES string of the molecule is O=C(c1ccncc1F)c1ccc(F)cc1I. The minimum atomic E-state index is -0.683. The van der Waals surface area contributed by atoms with Gasteiger partial charge >= 0.3 is 0 Å². The van der Waals surface area contributed by atoms with Crippen LogP contribution >= 0.6 is 22.6 Å². The third-order valence-corrected chi connectivity index (χ3v) is 3.09. The molecule has 2 aromatic rings. The summed E-state index contributed by atoms with van der Waals surface area (Å²) in [6.07, 6.45) is 2.32. The molecular weight excluding hydrogens is 339 g/mol. The van der Waals surface area contributed by atoms with E-state index < -0.39 is 17.4 Å². The van der Waals surface area contributed by atoms with Crippen LogP contribution in [0.15, 0.2) is 36.7 Å². The minimum Gasteiger partial charge on any atom is -0.288 e. The number of ketones is 1. The zero-order valence-electron chi connectivity index (χ0n) is 8.45. The van der Waals surface area contributed by atoms with Crippen LogP contribution in [0.1, 0.15) is 15.9 Å². The fourth-order valence-corrected chi connectivity index (χ4v) is 2.10. The summed E-state index contributed by atoms with van der Waals surface area (Å²) in [6.45, 7) is 0. The van der Waals surface area contributed by atoms with Gasteiger partial charge in [-0.05, 0) is 46.9 Å². The van der Waals surface area contributed by atoms with Gasteiger partial charge in [0.15, 0.2) is 11.6 Å². The van der Waals surface area contributed by atoms with Crippen LogP contribution in [0, 0.1) is 15.2 Å². The molecule has 1 aromatic heterocycles. The van der Waals surface area contributed by atoms with Crippen molar-refractivity contribution < 1.29 is 13.6 Å². The number of carbonyl (C=O) groups excluding carboxylic acids is 1. The topological polar surface area (TPSA) is 30.0 Å². The molecule has 0 spiro atoms. The van der Waals surface area contributed by atoms with Crippen LogP contribution in [0.25, 0.3) is 0 Å². The van der Waals surface area contributed by atoms with E-state index >= 15 is 0 Å². The highest BCUT2D eigenvalue weighted by Gasteiger charge is 2.16. The predicted molar refractivity (Wildman–Crippen MR) is 66.7 cm³/mol. The number of hydrogen-bond donors (Lipinski definition) is 0. The Kier molecular flexibility index (Phi) is 3.46. The largest absolute Gasteiger partial charge is 0.288 e. The Bertz CT molecular complexity index is 586. The molecule has 0 amide bonds. The van der Waals surface area contributed by atoms with Gasteiger partial charge in [-0.15, -0.1) is 0 Å². The lowest BCUT2D eigenvalue weighted by Gasteiger charge is -2.04. The summed E-state index contributed by atoms with van der Waals surface area (Å²) in [4.78, 5) is 15.6. The van der Waals surface area contributed by atoms with E-state index in [0.717, 1.165) is 6.20 Å². The standard InChI is InChI=1S/C12H6F2INO/c13-7-1-2-9(11(15)5-7)12(17)8-3-4-16-6-10(8)14/h1-6H. The average molecular weight is 345 g/mol. The van der Waals surface area contributed by atoms with Crippen LogP contribution < -0.4 is 0 Å².